The Kier molecular flexibility index (Phi) is 4.45. The zero-order valence-corrected chi connectivity index (χ0v) is 13.2. The predicted molar refractivity (Wildman–Crippen MR) is 86.3 cm³/mol. The zero-order valence-electron chi connectivity index (χ0n) is 11.7. The van der Waals surface area contributed by atoms with Crippen LogP contribution in [-0.4, -0.2) is 11.1 Å². The summed E-state index contributed by atoms with van der Waals surface area (Å²) in [4.78, 5) is 11.8. The Morgan fingerprint density at radius 1 is 1.19 bits per heavy atom. The number of hydrogen-bond acceptors (Lipinski definition) is 2. The molecular formula is C16H15Cl2NO2. The summed E-state index contributed by atoms with van der Waals surface area (Å²) in [5.41, 5.74) is 0.860. The van der Waals surface area contributed by atoms with Crippen LogP contribution < -0.4 is 5.32 Å². The minimum atomic E-state index is -1.35. The lowest BCUT2D eigenvalue weighted by Gasteiger charge is -2.29. The number of anilines is 1. The Morgan fingerprint density at radius 2 is 1.90 bits per heavy atom. The quantitative estimate of drug-likeness (QED) is 0.856. The van der Waals surface area contributed by atoms with Gasteiger partial charge in [0.25, 0.3) is 0 Å². The lowest BCUT2D eigenvalue weighted by atomic mass is 9.91. The fourth-order valence-electron chi connectivity index (χ4n) is 2.14. The number of benzene rings is 2. The van der Waals surface area contributed by atoms with Gasteiger partial charge in [0, 0.05) is 21.3 Å². The third-order valence-corrected chi connectivity index (χ3v) is 3.86. The van der Waals surface area contributed by atoms with E-state index < -0.39 is 11.5 Å². The van der Waals surface area contributed by atoms with Crippen molar-refractivity contribution in [2.45, 2.75) is 19.4 Å². The van der Waals surface area contributed by atoms with E-state index in [9.17, 15) is 9.90 Å². The number of halogens is 2. The van der Waals surface area contributed by atoms with E-state index in [0.717, 1.165) is 5.56 Å². The first-order valence-electron chi connectivity index (χ1n) is 6.37. The molecule has 0 bridgehead atoms. The molecule has 0 fully saturated rings. The van der Waals surface area contributed by atoms with Gasteiger partial charge in [-0.25, -0.2) is 4.79 Å². The van der Waals surface area contributed by atoms with E-state index in [1.54, 1.807) is 19.1 Å². The van der Waals surface area contributed by atoms with Crippen LogP contribution in [0.5, 0.6) is 0 Å². The Balaban J connectivity index is 2.48. The van der Waals surface area contributed by atoms with Gasteiger partial charge >= 0.3 is 5.97 Å². The fourth-order valence-corrected chi connectivity index (χ4v) is 2.74. The molecule has 0 aliphatic heterocycles. The number of carboxylic acid groups (broad SMARTS) is 1. The normalized spacial score (nSPS) is 13.5. The molecule has 0 heterocycles. The van der Waals surface area contributed by atoms with Crippen molar-refractivity contribution in [2.24, 2.45) is 0 Å². The van der Waals surface area contributed by atoms with Crippen molar-refractivity contribution in [3.05, 3.63) is 63.6 Å². The Labute approximate surface area is 133 Å². The molecule has 0 amide bonds. The van der Waals surface area contributed by atoms with Crippen molar-refractivity contribution < 1.29 is 9.90 Å². The van der Waals surface area contributed by atoms with Gasteiger partial charge in [-0.15, -0.1) is 0 Å². The average molecular weight is 324 g/mol. The first-order valence-corrected chi connectivity index (χ1v) is 7.12. The molecule has 21 heavy (non-hydrogen) atoms. The van der Waals surface area contributed by atoms with E-state index in [-0.39, 0.29) is 0 Å². The molecule has 2 aromatic carbocycles. The highest BCUT2D eigenvalue weighted by Gasteiger charge is 2.37. The van der Waals surface area contributed by atoms with E-state index in [1.807, 2.05) is 31.2 Å². The largest absolute Gasteiger partial charge is 0.479 e. The first-order chi connectivity index (χ1) is 9.83. The summed E-state index contributed by atoms with van der Waals surface area (Å²) in [5.74, 6) is -1.02. The van der Waals surface area contributed by atoms with Crippen LogP contribution in [0, 0.1) is 6.92 Å². The molecular weight excluding hydrogens is 309 g/mol. The average Bonchev–Trinajstić information content (AvgIpc) is 2.38. The summed E-state index contributed by atoms with van der Waals surface area (Å²) in [6, 6.07) is 12.3. The number of hydrogen-bond donors (Lipinski definition) is 2. The molecule has 5 heteroatoms. The van der Waals surface area contributed by atoms with Crippen LogP contribution in [-0.2, 0) is 10.3 Å². The van der Waals surface area contributed by atoms with Gasteiger partial charge in [-0.3, -0.25) is 0 Å². The second kappa shape index (κ2) is 5.96. The Hall–Kier alpha value is -1.71. The standard InChI is InChI=1S/C16H15Cl2NO2/c1-10-4-3-5-12(8-10)19-16(2,15(20)21)13-7-6-11(17)9-14(13)18/h3-9,19H,1-2H3,(H,20,21). The molecule has 1 atom stereocenters. The van der Waals surface area contributed by atoms with E-state index >= 15 is 0 Å². The Morgan fingerprint density at radius 3 is 2.48 bits per heavy atom. The molecule has 0 radical (unpaired) electrons. The van der Waals surface area contributed by atoms with Crippen molar-refractivity contribution in [2.75, 3.05) is 5.32 Å². The highest BCUT2D eigenvalue weighted by molar-refractivity contribution is 6.35. The van der Waals surface area contributed by atoms with Gasteiger partial charge in [0.05, 0.1) is 0 Å². The molecule has 3 nitrogen and oxygen atoms in total. The molecule has 110 valence electrons. The van der Waals surface area contributed by atoms with Crippen LogP contribution >= 0.6 is 23.2 Å². The van der Waals surface area contributed by atoms with Gasteiger partial charge in [0.15, 0.2) is 5.54 Å². The Bertz CT molecular complexity index is 688. The second-order valence-corrected chi connectivity index (χ2v) is 5.89. The minimum absolute atomic E-state index is 0.313. The van der Waals surface area contributed by atoms with Crippen LogP contribution in [0.3, 0.4) is 0 Å². The number of carbonyl (C=O) groups is 1. The molecule has 2 N–H and O–H groups in total. The number of carboxylic acids is 1. The molecule has 0 aliphatic carbocycles. The van der Waals surface area contributed by atoms with E-state index in [1.165, 1.54) is 6.07 Å². The highest BCUT2D eigenvalue weighted by atomic mass is 35.5. The van der Waals surface area contributed by atoms with Crippen LogP contribution in [0.25, 0.3) is 0 Å². The third kappa shape index (κ3) is 3.31. The summed E-state index contributed by atoms with van der Waals surface area (Å²) in [5, 5.41) is 13.5. The van der Waals surface area contributed by atoms with Crippen LogP contribution in [0.4, 0.5) is 5.69 Å². The van der Waals surface area contributed by atoms with Crippen LogP contribution in [0.2, 0.25) is 10.0 Å². The molecule has 2 rings (SSSR count). The minimum Gasteiger partial charge on any atom is -0.479 e. The number of aryl methyl sites for hydroxylation is 1. The summed E-state index contributed by atoms with van der Waals surface area (Å²) < 4.78 is 0. The molecule has 1 unspecified atom stereocenters. The summed E-state index contributed by atoms with van der Waals surface area (Å²) >= 11 is 12.0. The van der Waals surface area contributed by atoms with E-state index in [2.05, 4.69) is 5.32 Å². The van der Waals surface area contributed by atoms with Crippen molar-refractivity contribution in [3.8, 4) is 0 Å². The van der Waals surface area contributed by atoms with Gasteiger partial charge in [-0.1, -0.05) is 41.4 Å². The molecule has 2 aromatic rings. The fraction of sp³-hybridized carbons (Fsp3) is 0.188. The van der Waals surface area contributed by atoms with Gasteiger partial charge < -0.3 is 10.4 Å². The second-order valence-electron chi connectivity index (χ2n) is 5.05. The highest BCUT2D eigenvalue weighted by Crippen LogP contribution is 2.33. The number of aliphatic carboxylic acids is 1. The molecule has 0 saturated carbocycles. The number of nitrogens with one attached hydrogen (secondary N) is 1. The van der Waals surface area contributed by atoms with Gasteiger partial charge in [-0.2, -0.15) is 0 Å². The van der Waals surface area contributed by atoms with Gasteiger partial charge in [0.2, 0.25) is 0 Å². The maximum atomic E-state index is 11.8. The van der Waals surface area contributed by atoms with Gasteiger partial charge in [-0.05, 0) is 43.7 Å². The summed E-state index contributed by atoms with van der Waals surface area (Å²) in [6.45, 7) is 3.52. The SMILES string of the molecule is Cc1cccc(NC(C)(C(=O)O)c2ccc(Cl)cc2Cl)c1. The first kappa shape index (κ1) is 15.7. The predicted octanol–water partition coefficient (Wildman–Crippen LogP) is 4.71. The summed E-state index contributed by atoms with van der Waals surface area (Å²) in [7, 11) is 0. The monoisotopic (exact) mass is 323 g/mol. The summed E-state index contributed by atoms with van der Waals surface area (Å²) in [6.07, 6.45) is 0. The van der Waals surface area contributed by atoms with E-state index in [4.69, 9.17) is 23.2 Å². The van der Waals surface area contributed by atoms with Crippen molar-refractivity contribution >= 4 is 34.9 Å². The molecule has 0 aromatic heterocycles. The third-order valence-electron chi connectivity index (χ3n) is 3.31. The van der Waals surface area contributed by atoms with Crippen LogP contribution in [0.1, 0.15) is 18.1 Å². The molecule has 0 aliphatic rings. The van der Waals surface area contributed by atoms with Gasteiger partial charge in [0.1, 0.15) is 0 Å². The maximum absolute atomic E-state index is 11.8. The maximum Gasteiger partial charge on any atom is 0.333 e. The zero-order chi connectivity index (χ0) is 15.6. The van der Waals surface area contributed by atoms with Crippen LogP contribution in [0.15, 0.2) is 42.5 Å². The van der Waals surface area contributed by atoms with Crippen molar-refractivity contribution in [1.82, 2.24) is 0 Å². The van der Waals surface area contributed by atoms with Crippen molar-refractivity contribution in [3.63, 3.8) is 0 Å². The lowest BCUT2D eigenvalue weighted by Crippen LogP contribution is -2.40. The molecule has 0 spiro atoms. The lowest BCUT2D eigenvalue weighted by molar-refractivity contribution is -0.142. The van der Waals surface area contributed by atoms with E-state index in [0.29, 0.717) is 21.3 Å². The number of rotatable bonds is 4. The topological polar surface area (TPSA) is 49.3 Å². The van der Waals surface area contributed by atoms with Crippen molar-refractivity contribution in [1.29, 1.82) is 0 Å². The smallest absolute Gasteiger partial charge is 0.333 e. The molecule has 0 saturated heterocycles.